The Kier molecular flexibility index (Phi) is 3.81. The fraction of sp³-hybridized carbons (Fsp3) is 0.294. The van der Waals surface area contributed by atoms with Crippen LogP contribution in [0, 0.1) is 6.92 Å². The number of hydrogen-bond acceptors (Lipinski definition) is 5. The first kappa shape index (κ1) is 15.5. The molecule has 2 N–H and O–H groups in total. The monoisotopic (exact) mass is 337 g/mol. The molecule has 0 aliphatic carbocycles. The summed E-state index contributed by atoms with van der Waals surface area (Å²) in [6, 6.07) is 5.86. The van der Waals surface area contributed by atoms with Gasteiger partial charge in [-0.2, -0.15) is 0 Å². The van der Waals surface area contributed by atoms with E-state index in [4.69, 9.17) is 10.5 Å². The van der Waals surface area contributed by atoms with E-state index in [2.05, 4.69) is 19.9 Å². The van der Waals surface area contributed by atoms with Crippen molar-refractivity contribution in [3.8, 4) is 11.5 Å². The van der Waals surface area contributed by atoms with Crippen molar-refractivity contribution in [2.75, 3.05) is 26.3 Å². The molecule has 1 radical (unpaired) electrons. The SMILES string of the molecule is Cc1ccc2nc(-c3nc(C(=O)N4CCOCC4)cnc3[NH])[nH]c2c1. The van der Waals surface area contributed by atoms with E-state index < -0.39 is 0 Å². The van der Waals surface area contributed by atoms with Crippen LogP contribution >= 0.6 is 0 Å². The second-order valence-corrected chi connectivity index (χ2v) is 5.96. The van der Waals surface area contributed by atoms with Crippen LogP contribution in [0.1, 0.15) is 16.1 Å². The number of morpholine rings is 1. The van der Waals surface area contributed by atoms with Crippen molar-refractivity contribution < 1.29 is 9.53 Å². The Bertz CT molecular complexity index is 945. The van der Waals surface area contributed by atoms with Gasteiger partial charge in [0.2, 0.25) is 0 Å². The molecule has 1 amide bonds. The van der Waals surface area contributed by atoms with Crippen molar-refractivity contribution in [1.29, 1.82) is 0 Å². The van der Waals surface area contributed by atoms with Crippen molar-refractivity contribution in [3.63, 3.8) is 0 Å². The number of H-pyrrole nitrogens is 1. The number of hydrogen-bond donors (Lipinski definition) is 1. The van der Waals surface area contributed by atoms with Crippen molar-refractivity contribution in [1.82, 2.24) is 30.6 Å². The van der Waals surface area contributed by atoms with Crippen molar-refractivity contribution in [3.05, 3.63) is 35.7 Å². The van der Waals surface area contributed by atoms with E-state index in [1.165, 1.54) is 6.20 Å². The lowest BCUT2D eigenvalue weighted by molar-refractivity contribution is 0.0299. The van der Waals surface area contributed by atoms with Gasteiger partial charge in [-0.25, -0.2) is 15.0 Å². The number of amides is 1. The zero-order valence-electron chi connectivity index (χ0n) is 13.7. The van der Waals surface area contributed by atoms with E-state index in [-0.39, 0.29) is 23.1 Å². The summed E-state index contributed by atoms with van der Waals surface area (Å²) in [6.07, 6.45) is 1.34. The molecule has 1 aliphatic rings. The van der Waals surface area contributed by atoms with E-state index in [1.54, 1.807) is 4.90 Å². The van der Waals surface area contributed by atoms with Gasteiger partial charge in [-0.1, -0.05) is 6.07 Å². The molecule has 2 aromatic heterocycles. The average Bonchev–Trinajstić information content (AvgIpc) is 3.05. The van der Waals surface area contributed by atoms with Gasteiger partial charge in [0.15, 0.2) is 17.3 Å². The molecule has 1 aromatic carbocycles. The molecule has 1 fully saturated rings. The largest absolute Gasteiger partial charge is 0.378 e. The van der Waals surface area contributed by atoms with E-state index in [0.717, 1.165) is 16.6 Å². The Hall–Kier alpha value is -3.00. The minimum atomic E-state index is -0.205. The highest BCUT2D eigenvalue weighted by atomic mass is 16.5. The highest BCUT2D eigenvalue weighted by molar-refractivity contribution is 5.93. The lowest BCUT2D eigenvalue weighted by Gasteiger charge is -2.26. The van der Waals surface area contributed by atoms with E-state index in [9.17, 15) is 4.79 Å². The first-order valence-electron chi connectivity index (χ1n) is 8.04. The maximum atomic E-state index is 12.6. The Morgan fingerprint density at radius 2 is 2.08 bits per heavy atom. The van der Waals surface area contributed by atoms with Gasteiger partial charge < -0.3 is 14.6 Å². The minimum Gasteiger partial charge on any atom is -0.378 e. The smallest absolute Gasteiger partial charge is 0.274 e. The molecule has 0 bridgehead atoms. The Labute approximate surface area is 144 Å². The third-order valence-corrected chi connectivity index (χ3v) is 4.15. The molecule has 127 valence electrons. The number of aryl methyl sites for hydroxylation is 1. The minimum absolute atomic E-state index is 0.0192. The number of benzene rings is 1. The summed E-state index contributed by atoms with van der Waals surface area (Å²) in [5.41, 5.74) is 11.3. The molecule has 25 heavy (non-hydrogen) atoms. The van der Waals surface area contributed by atoms with E-state index in [1.807, 2.05) is 25.1 Å². The molecule has 8 heteroatoms. The number of ether oxygens (including phenoxy) is 1. The highest BCUT2D eigenvalue weighted by Gasteiger charge is 2.22. The average molecular weight is 337 g/mol. The second-order valence-electron chi connectivity index (χ2n) is 5.96. The number of nitrogens with one attached hydrogen (secondary N) is 2. The number of aromatic nitrogens is 4. The van der Waals surface area contributed by atoms with E-state index in [0.29, 0.717) is 32.1 Å². The number of carbonyl (C=O) groups is 1. The number of aromatic amines is 1. The maximum Gasteiger partial charge on any atom is 0.274 e. The predicted octanol–water partition coefficient (Wildman–Crippen LogP) is 1.72. The fourth-order valence-electron chi connectivity index (χ4n) is 2.82. The quantitative estimate of drug-likeness (QED) is 0.766. The molecular formula is C17H17N6O2. The van der Waals surface area contributed by atoms with Crippen LogP contribution in [0.3, 0.4) is 0 Å². The van der Waals surface area contributed by atoms with Crippen LogP contribution in [0.15, 0.2) is 24.4 Å². The zero-order valence-corrected chi connectivity index (χ0v) is 13.7. The summed E-state index contributed by atoms with van der Waals surface area (Å²) in [6.45, 7) is 4.10. The second kappa shape index (κ2) is 6.14. The lowest BCUT2D eigenvalue weighted by atomic mass is 10.2. The van der Waals surface area contributed by atoms with Crippen molar-refractivity contribution >= 4 is 22.8 Å². The summed E-state index contributed by atoms with van der Waals surface area (Å²) >= 11 is 0. The third kappa shape index (κ3) is 2.91. The summed E-state index contributed by atoms with van der Waals surface area (Å²) < 4.78 is 5.27. The molecular weight excluding hydrogens is 320 g/mol. The first-order valence-corrected chi connectivity index (χ1v) is 8.04. The molecule has 3 heterocycles. The van der Waals surface area contributed by atoms with Gasteiger partial charge in [-0.15, -0.1) is 0 Å². The number of rotatable bonds is 2. The Balaban J connectivity index is 1.72. The lowest BCUT2D eigenvalue weighted by Crippen LogP contribution is -2.41. The summed E-state index contributed by atoms with van der Waals surface area (Å²) in [7, 11) is 0. The van der Waals surface area contributed by atoms with Crippen LogP contribution in [0.5, 0.6) is 0 Å². The van der Waals surface area contributed by atoms with Gasteiger partial charge in [0.1, 0.15) is 5.69 Å². The maximum absolute atomic E-state index is 12.6. The van der Waals surface area contributed by atoms with Crippen LogP contribution in [0.25, 0.3) is 22.6 Å². The van der Waals surface area contributed by atoms with Gasteiger partial charge in [0.25, 0.3) is 5.91 Å². The number of nitrogens with zero attached hydrogens (tertiary/aromatic N) is 4. The first-order chi connectivity index (χ1) is 12.1. The molecule has 0 spiro atoms. The molecule has 0 atom stereocenters. The third-order valence-electron chi connectivity index (χ3n) is 4.15. The number of fused-ring (bicyclic) bond motifs is 1. The molecule has 3 aromatic rings. The molecule has 1 aliphatic heterocycles. The van der Waals surface area contributed by atoms with Gasteiger partial charge in [-0.3, -0.25) is 10.5 Å². The highest BCUT2D eigenvalue weighted by Crippen LogP contribution is 2.24. The molecule has 8 nitrogen and oxygen atoms in total. The zero-order chi connectivity index (χ0) is 17.4. The van der Waals surface area contributed by atoms with Gasteiger partial charge >= 0.3 is 0 Å². The van der Waals surface area contributed by atoms with Crippen molar-refractivity contribution in [2.45, 2.75) is 6.92 Å². The van der Waals surface area contributed by atoms with Gasteiger partial charge in [0.05, 0.1) is 30.4 Å². The Morgan fingerprint density at radius 1 is 1.28 bits per heavy atom. The normalized spacial score (nSPS) is 14.8. The van der Waals surface area contributed by atoms with Crippen LogP contribution in [0.2, 0.25) is 0 Å². The van der Waals surface area contributed by atoms with Gasteiger partial charge in [0, 0.05) is 13.1 Å². The molecule has 1 saturated heterocycles. The Morgan fingerprint density at radius 3 is 2.88 bits per heavy atom. The fourth-order valence-corrected chi connectivity index (χ4v) is 2.82. The van der Waals surface area contributed by atoms with Crippen LogP contribution in [-0.4, -0.2) is 57.0 Å². The van der Waals surface area contributed by atoms with Crippen LogP contribution in [-0.2, 0) is 4.74 Å². The van der Waals surface area contributed by atoms with E-state index >= 15 is 0 Å². The van der Waals surface area contributed by atoms with Crippen molar-refractivity contribution in [2.24, 2.45) is 0 Å². The summed E-state index contributed by atoms with van der Waals surface area (Å²) in [5, 5.41) is 0. The van der Waals surface area contributed by atoms with Crippen LogP contribution < -0.4 is 5.73 Å². The predicted molar refractivity (Wildman–Crippen MR) is 91.3 cm³/mol. The molecule has 0 saturated carbocycles. The number of imidazole rings is 1. The molecule has 4 rings (SSSR count). The number of carbonyl (C=O) groups excluding carboxylic acids is 1. The summed E-state index contributed by atoms with van der Waals surface area (Å²) in [4.78, 5) is 30.3. The molecule has 0 unspecified atom stereocenters. The topological polar surface area (TPSA) is 108 Å². The summed E-state index contributed by atoms with van der Waals surface area (Å²) in [5.74, 6) is 0.216. The van der Waals surface area contributed by atoms with Crippen LogP contribution in [0.4, 0.5) is 5.82 Å². The standard InChI is InChI=1S/C17H17N6O2/c1-10-2-3-11-12(8-10)22-16(21-11)14-15(18)19-9-13(20-14)17(24)23-4-6-25-7-5-23/h2-3,8-9,18H,4-7H2,1H3,(H,21,22). The van der Waals surface area contributed by atoms with Gasteiger partial charge in [-0.05, 0) is 24.6 Å².